The summed E-state index contributed by atoms with van der Waals surface area (Å²) in [5.41, 5.74) is -0.200. The molecule has 0 aliphatic rings. The fourth-order valence-electron chi connectivity index (χ4n) is 1.15. The van der Waals surface area contributed by atoms with E-state index in [1.807, 2.05) is 0 Å². The smallest absolute Gasteiger partial charge is 0.382 e. The highest BCUT2D eigenvalue weighted by Gasteiger charge is 2.30. The molecule has 0 bridgehead atoms. The van der Waals surface area contributed by atoms with Crippen molar-refractivity contribution in [3.8, 4) is 0 Å². The van der Waals surface area contributed by atoms with E-state index in [4.69, 9.17) is 0 Å². The lowest BCUT2D eigenvalue weighted by molar-refractivity contribution is -0.137. The molecule has 1 nitrogen and oxygen atoms in total. The van der Waals surface area contributed by atoms with E-state index in [0.717, 1.165) is 12.1 Å². The van der Waals surface area contributed by atoms with Crippen LogP contribution in [0.5, 0.6) is 0 Å². The van der Waals surface area contributed by atoms with Crippen molar-refractivity contribution >= 4 is 5.69 Å². The van der Waals surface area contributed by atoms with E-state index in [-0.39, 0.29) is 0 Å². The fraction of sp³-hybridized carbons (Fsp3) is 0.167. The minimum Gasteiger partial charge on any atom is -0.382 e. The molecule has 0 unspecified atom stereocenters. The minimum absolute atomic E-state index is 0.448. The average Bonchev–Trinajstić information content (AvgIpc) is 2.24. The zero-order chi connectivity index (χ0) is 12.0. The molecule has 0 spiro atoms. The zero-order valence-corrected chi connectivity index (χ0v) is 8.59. The largest absolute Gasteiger partial charge is 0.416 e. The third kappa shape index (κ3) is 3.81. The summed E-state index contributed by atoms with van der Waals surface area (Å²) in [6.45, 7) is 3.95. The van der Waals surface area contributed by atoms with Crippen LogP contribution >= 0.6 is 0 Å². The Balaban J connectivity index is 2.68. The van der Waals surface area contributed by atoms with Gasteiger partial charge in [-0.25, -0.2) is 0 Å². The summed E-state index contributed by atoms with van der Waals surface area (Å²) in [5, 5.41) is 2.86. The summed E-state index contributed by atoms with van der Waals surface area (Å²) in [5.74, 6) is 0. The number of benzene rings is 1. The van der Waals surface area contributed by atoms with E-state index >= 15 is 0 Å². The lowest BCUT2D eigenvalue weighted by Crippen LogP contribution is -2.06. The second kappa shape index (κ2) is 5.39. The monoisotopic (exact) mass is 227 g/mol. The number of hydrogen-bond donors (Lipinski definition) is 1. The quantitative estimate of drug-likeness (QED) is 0.770. The highest BCUT2D eigenvalue weighted by atomic mass is 19.4. The zero-order valence-electron chi connectivity index (χ0n) is 8.59. The SMILES string of the molecule is C=CC=CCNc1cccc(C(F)(F)F)c1. The van der Waals surface area contributed by atoms with Gasteiger partial charge in [0.25, 0.3) is 0 Å². The summed E-state index contributed by atoms with van der Waals surface area (Å²) < 4.78 is 37.1. The van der Waals surface area contributed by atoms with Gasteiger partial charge in [-0.2, -0.15) is 13.2 Å². The number of allylic oxidation sites excluding steroid dienone is 2. The summed E-state index contributed by atoms with van der Waals surface area (Å²) in [4.78, 5) is 0. The van der Waals surface area contributed by atoms with Crippen LogP contribution in [0, 0.1) is 0 Å². The molecule has 1 rings (SSSR count). The van der Waals surface area contributed by atoms with E-state index in [1.54, 1.807) is 24.3 Å². The van der Waals surface area contributed by atoms with Crippen LogP contribution in [0.2, 0.25) is 0 Å². The molecule has 0 heterocycles. The first-order chi connectivity index (χ1) is 7.54. The molecule has 0 atom stereocenters. The molecular weight excluding hydrogens is 215 g/mol. The molecule has 0 aliphatic carbocycles. The first-order valence-corrected chi connectivity index (χ1v) is 4.73. The summed E-state index contributed by atoms with van der Waals surface area (Å²) >= 11 is 0. The molecule has 0 fully saturated rings. The summed E-state index contributed by atoms with van der Waals surface area (Å²) in [7, 11) is 0. The Bertz CT molecular complexity index is 380. The second-order valence-electron chi connectivity index (χ2n) is 3.12. The van der Waals surface area contributed by atoms with E-state index in [1.165, 1.54) is 6.07 Å². The van der Waals surface area contributed by atoms with Gasteiger partial charge >= 0.3 is 6.18 Å². The summed E-state index contributed by atoms with van der Waals surface area (Å²) in [6, 6.07) is 5.10. The van der Waals surface area contributed by atoms with Gasteiger partial charge in [0.2, 0.25) is 0 Å². The van der Waals surface area contributed by atoms with E-state index in [2.05, 4.69) is 11.9 Å². The molecular formula is C12H12F3N. The molecule has 1 aromatic rings. The van der Waals surface area contributed by atoms with Crippen molar-refractivity contribution in [3.05, 3.63) is 54.6 Å². The Morgan fingerprint density at radius 3 is 2.69 bits per heavy atom. The normalized spacial score (nSPS) is 11.7. The van der Waals surface area contributed by atoms with Crippen molar-refractivity contribution < 1.29 is 13.2 Å². The van der Waals surface area contributed by atoms with Gasteiger partial charge in [0.1, 0.15) is 0 Å². The molecule has 0 amide bonds. The highest BCUT2D eigenvalue weighted by Crippen LogP contribution is 2.30. The van der Waals surface area contributed by atoms with E-state index in [9.17, 15) is 13.2 Å². The lowest BCUT2D eigenvalue weighted by Gasteiger charge is -2.09. The Kier molecular flexibility index (Phi) is 4.17. The fourth-order valence-corrected chi connectivity index (χ4v) is 1.15. The van der Waals surface area contributed by atoms with Crippen molar-refractivity contribution in [1.29, 1.82) is 0 Å². The van der Waals surface area contributed by atoms with Crippen LogP contribution in [0.4, 0.5) is 18.9 Å². The van der Waals surface area contributed by atoms with Crippen LogP contribution in [0.15, 0.2) is 49.1 Å². The van der Waals surface area contributed by atoms with Crippen LogP contribution in [0.25, 0.3) is 0 Å². The van der Waals surface area contributed by atoms with E-state index < -0.39 is 11.7 Å². The Labute approximate surface area is 92.3 Å². The van der Waals surface area contributed by atoms with Gasteiger partial charge in [0, 0.05) is 12.2 Å². The molecule has 0 radical (unpaired) electrons. The predicted octanol–water partition coefficient (Wildman–Crippen LogP) is 3.86. The van der Waals surface area contributed by atoms with E-state index in [0.29, 0.717) is 12.2 Å². The standard InChI is InChI=1S/C12H12F3N/c1-2-3-4-8-16-11-7-5-6-10(9-11)12(13,14)15/h2-7,9,16H,1,8H2. The Morgan fingerprint density at radius 1 is 1.31 bits per heavy atom. The average molecular weight is 227 g/mol. The van der Waals surface area contributed by atoms with Gasteiger partial charge < -0.3 is 5.32 Å². The topological polar surface area (TPSA) is 12.0 Å². The molecule has 4 heteroatoms. The van der Waals surface area contributed by atoms with Gasteiger partial charge in [-0.15, -0.1) is 0 Å². The van der Waals surface area contributed by atoms with Gasteiger partial charge in [-0.3, -0.25) is 0 Å². The Hall–Kier alpha value is -1.71. The number of halogens is 3. The third-order valence-electron chi connectivity index (χ3n) is 1.89. The number of anilines is 1. The molecule has 1 aromatic carbocycles. The highest BCUT2D eigenvalue weighted by molar-refractivity contribution is 5.46. The van der Waals surface area contributed by atoms with Gasteiger partial charge in [0.05, 0.1) is 5.56 Å². The molecule has 86 valence electrons. The first kappa shape index (κ1) is 12.4. The third-order valence-corrected chi connectivity index (χ3v) is 1.89. The van der Waals surface area contributed by atoms with Crippen LogP contribution in [-0.4, -0.2) is 6.54 Å². The van der Waals surface area contributed by atoms with Gasteiger partial charge in [0.15, 0.2) is 0 Å². The molecule has 0 aliphatic heterocycles. The number of rotatable bonds is 4. The molecule has 0 saturated carbocycles. The number of alkyl halides is 3. The molecule has 1 N–H and O–H groups in total. The van der Waals surface area contributed by atoms with Crippen molar-refractivity contribution in [2.24, 2.45) is 0 Å². The van der Waals surface area contributed by atoms with Crippen LogP contribution < -0.4 is 5.32 Å². The summed E-state index contributed by atoms with van der Waals surface area (Å²) in [6.07, 6.45) is 0.802. The number of hydrogen-bond acceptors (Lipinski definition) is 1. The Morgan fingerprint density at radius 2 is 2.06 bits per heavy atom. The maximum Gasteiger partial charge on any atom is 0.416 e. The van der Waals surface area contributed by atoms with Crippen molar-refractivity contribution in [2.75, 3.05) is 11.9 Å². The molecule has 0 aromatic heterocycles. The van der Waals surface area contributed by atoms with Gasteiger partial charge in [-0.05, 0) is 18.2 Å². The lowest BCUT2D eigenvalue weighted by atomic mass is 10.2. The van der Waals surface area contributed by atoms with Crippen molar-refractivity contribution in [2.45, 2.75) is 6.18 Å². The van der Waals surface area contributed by atoms with Crippen LogP contribution in [0.1, 0.15) is 5.56 Å². The minimum atomic E-state index is -4.30. The van der Waals surface area contributed by atoms with Crippen molar-refractivity contribution in [3.63, 3.8) is 0 Å². The van der Waals surface area contributed by atoms with Gasteiger partial charge in [-0.1, -0.05) is 30.9 Å². The van der Waals surface area contributed by atoms with Crippen molar-refractivity contribution in [1.82, 2.24) is 0 Å². The molecule has 16 heavy (non-hydrogen) atoms. The predicted molar refractivity (Wildman–Crippen MR) is 59.3 cm³/mol. The van der Waals surface area contributed by atoms with Crippen LogP contribution in [-0.2, 0) is 6.18 Å². The van der Waals surface area contributed by atoms with Crippen LogP contribution in [0.3, 0.4) is 0 Å². The maximum absolute atomic E-state index is 12.4. The second-order valence-corrected chi connectivity index (χ2v) is 3.12. The maximum atomic E-state index is 12.4. The molecule has 0 saturated heterocycles. The number of nitrogens with one attached hydrogen (secondary N) is 1. The first-order valence-electron chi connectivity index (χ1n) is 4.73.